The van der Waals surface area contributed by atoms with Gasteiger partial charge in [-0.15, -0.1) is 0 Å². The first-order valence-electron chi connectivity index (χ1n) is 13.9. The van der Waals surface area contributed by atoms with Crippen molar-refractivity contribution in [2.75, 3.05) is 49.2 Å². The van der Waals surface area contributed by atoms with E-state index in [4.69, 9.17) is 4.74 Å². The van der Waals surface area contributed by atoms with Crippen molar-refractivity contribution in [1.29, 1.82) is 5.26 Å². The normalized spacial score (nSPS) is 20.5. The first-order chi connectivity index (χ1) is 18.6. The van der Waals surface area contributed by atoms with Crippen LogP contribution in [0.25, 0.3) is 5.57 Å². The third kappa shape index (κ3) is 6.32. The number of allylic oxidation sites excluding steroid dienone is 2. The number of nitrogens with zero attached hydrogens (tertiary/aromatic N) is 5. The van der Waals surface area contributed by atoms with E-state index in [0.717, 1.165) is 93.3 Å². The zero-order valence-corrected chi connectivity index (χ0v) is 23.1. The molecule has 7 nitrogen and oxygen atoms in total. The van der Waals surface area contributed by atoms with E-state index >= 15 is 0 Å². The van der Waals surface area contributed by atoms with Crippen LogP contribution in [0.4, 0.5) is 5.95 Å². The molecule has 1 aliphatic carbocycles. The molecule has 1 aromatic heterocycles. The van der Waals surface area contributed by atoms with E-state index in [0.29, 0.717) is 29.7 Å². The van der Waals surface area contributed by atoms with Crippen LogP contribution in [0.15, 0.2) is 36.7 Å². The number of anilines is 1. The number of rotatable bonds is 7. The maximum absolute atomic E-state index is 12.9. The molecule has 2 aliphatic heterocycles. The summed E-state index contributed by atoms with van der Waals surface area (Å²) in [5.74, 6) is 4.41. The van der Waals surface area contributed by atoms with Crippen molar-refractivity contribution < 1.29 is 9.53 Å². The molecule has 0 spiro atoms. The topological polar surface area (TPSA) is 82.4 Å². The number of hydrogen-bond acceptors (Lipinski definition) is 7. The number of amides is 1. The fourth-order valence-corrected chi connectivity index (χ4v) is 6.41. The molecule has 1 aromatic carbocycles. The molecule has 200 valence electrons. The summed E-state index contributed by atoms with van der Waals surface area (Å²) in [7, 11) is 0. The average molecular weight is 532 g/mol. The largest absolute Gasteiger partial charge is 0.492 e. The highest BCUT2D eigenvalue weighted by Crippen LogP contribution is 2.34. The van der Waals surface area contributed by atoms with Gasteiger partial charge in [-0.1, -0.05) is 19.1 Å². The molecule has 5 rings (SSSR count). The highest BCUT2D eigenvalue weighted by molar-refractivity contribution is 7.99. The molecule has 0 N–H and O–H groups in total. The number of nitriles is 1. The quantitative estimate of drug-likeness (QED) is 0.499. The van der Waals surface area contributed by atoms with E-state index < -0.39 is 0 Å². The summed E-state index contributed by atoms with van der Waals surface area (Å²) in [4.78, 5) is 26.2. The Kier molecular flexibility index (Phi) is 8.85. The second-order valence-electron chi connectivity index (χ2n) is 10.4. The van der Waals surface area contributed by atoms with Gasteiger partial charge >= 0.3 is 0 Å². The molecule has 1 amide bonds. The number of carbonyl (C=O) groups excluding carboxylic acids is 1. The van der Waals surface area contributed by atoms with Crippen LogP contribution in [0.1, 0.15) is 55.7 Å². The number of piperidine rings is 1. The maximum atomic E-state index is 12.9. The second kappa shape index (κ2) is 12.7. The molecule has 1 unspecified atom stereocenters. The minimum Gasteiger partial charge on any atom is -0.492 e. The first-order valence-corrected chi connectivity index (χ1v) is 15.1. The molecule has 38 heavy (non-hydrogen) atoms. The number of aryl methyl sites for hydroxylation is 1. The standard InChI is InChI=1S/C30H37N5O2S/c1-2-22-19-32-30(33-20-22)35-11-9-23(10-12-35)21-37-28-8-7-26(17-27(28)18-31)24-3-5-25(6-4-24)29(36)34-13-15-38-16-14-34/h3,7-8,17,19-20,23,25H,2,4-6,9-16,21H2,1H3. The highest BCUT2D eigenvalue weighted by Gasteiger charge is 2.28. The van der Waals surface area contributed by atoms with Crippen LogP contribution in [0.2, 0.25) is 0 Å². The van der Waals surface area contributed by atoms with Gasteiger partial charge in [-0.05, 0) is 73.3 Å². The van der Waals surface area contributed by atoms with Crippen molar-refractivity contribution in [3.8, 4) is 11.8 Å². The molecule has 2 saturated heterocycles. The highest BCUT2D eigenvalue weighted by atomic mass is 32.2. The Bertz CT molecular complexity index is 1180. The Morgan fingerprint density at radius 1 is 1.13 bits per heavy atom. The van der Waals surface area contributed by atoms with Gasteiger partial charge in [0.05, 0.1) is 12.2 Å². The molecule has 0 saturated carbocycles. The van der Waals surface area contributed by atoms with Gasteiger partial charge in [-0.2, -0.15) is 17.0 Å². The van der Waals surface area contributed by atoms with Crippen molar-refractivity contribution in [3.63, 3.8) is 0 Å². The SMILES string of the molecule is CCc1cnc(N2CCC(COc3ccc(C4=CCC(C(=O)N5CCSCC5)CC4)cc3C#N)CC2)nc1. The fraction of sp³-hybridized carbons (Fsp3) is 0.533. The summed E-state index contributed by atoms with van der Waals surface area (Å²) in [5.41, 5.74) is 4.03. The average Bonchev–Trinajstić information content (AvgIpc) is 3.00. The van der Waals surface area contributed by atoms with Gasteiger partial charge < -0.3 is 14.5 Å². The lowest BCUT2D eigenvalue weighted by Gasteiger charge is -2.32. The summed E-state index contributed by atoms with van der Waals surface area (Å²) in [5, 5.41) is 9.81. The molecule has 0 radical (unpaired) electrons. The van der Waals surface area contributed by atoms with E-state index in [9.17, 15) is 10.1 Å². The van der Waals surface area contributed by atoms with E-state index in [1.807, 2.05) is 41.2 Å². The van der Waals surface area contributed by atoms with Crippen LogP contribution in [-0.4, -0.2) is 65.1 Å². The van der Waals surface area contributed by atoms with Gasteiger partial charge in [0.25, 0.3) is 0 Å². The minimum atomic E-state index is 0.0913. The third-order valence-electron chi connectivity index (χ3n) is 8.03. The van der Waals surface area contributed by atoms with Crippen LogP contribution in [0.5, 0.6) is 5.75 Å². The van der Waals surface area contributed by atoms with Gasteiger partial charge in [0.2, 0.25) is 11.9 Å². The van der Waals surface area contributed by atoms with Crippen molar-refractivity contribution in [1.82, 2.24) is 14.9 Å². The molecule has 3 aliphatic rings. The van der Waals surface area contributed by atoms with Crippen molar-refractivity contribution in [2.45, 2.75) is 45.4 Å². The predicted molar refractivity (Wildman–Crippen MR) is 152 cm³/mol. The van der Waals surface area contributed by atoms with Crippen LogP contribution >= 0.6 is 11.8 Å². The number of carbonyl (C=O) groups is 1. The lowest BCUT2D eigenvalue weighted by molar-refractivity contribution is -0.135. The summed E-state index contributed by atoms with van der Waals surface area (Å²) in [6.45, 7) is 6.31. The fourth-order valence-electron chi connectivity index (χ4n) is 5.51. The third-order valence-corrected chi connectivity index (χ3v) is 8.97. The number of ether oxygens (including phenoxy) is 1. The van der Waals surface area contributed by atoms with Crippen molar-refractivity contribution in [3.05, 3.63) is 53.4 Å². The first kappa shape index (κ1) is 26.6. The Morgan fingerprint density at radius 3 is 2.55 bits per heavy atom. The molecule has 2 fully saturated rings. The lowest BCUT2D eigenvalue weighted by atomic mass is 9.85. The number of benzene rings is 1. The van der Waals surface area contributed by atoms with E-state index in [-0.39, 0.29) is 5.92 Å². The second-order valence-corrected chi connectivity index (χ2v) is 11.7. The Morgan fingerprint density at radius 2 is 1.89 bits per heavy atom. The summed E-state index contributed by atoms with van der Waals surface area (Å²) in [6, 6.07) is 8.28. The van der Waals surface area contributed by atoms with Crippen LogP contribution in [-0.2, 0) is 11.2 Å². The molecule has 2 aromatic rings. The molecule has 3 heterocycles. The zero-order valence-electron chi connectivity index (χ0n) is 22.3. The molecule has 8 heteroatoms. The van der Waals surface area contributed by atoms with Gasteiger partial charge in [-0.3, -0.25) is 4.79 Å². The molecular formula is C30H37N5O2S. The number of hydrogen-bond donors (Lipinski definition) is 0. The smallest absolute Gasteiger partial charge is 0.226 e. The van der Waals surface area contributed by atoms with Gasteiger partial charge in [0.15, 0.2) is 0 Å². The predicted octanol–water partition coefficient (Wildman–Crippen LogP) is 4.96. The van der Waals surface area contributed by atoms with Gasteiger partial charge in [0, 0.05) is 56.0 Å². The van der Waals surface area contributed by atoms with Gasteiger partial charge in [-0.25, -0.2) is 9.97 Å². The lowest BCUT2D eigenvalue weighted by Crippen LogP contribution is -2.41. The molecule has 0 bridgehead atoms. The summed E-state index contributed by atoms with van der Waals surface area (Å²) in [6.07, 6.45) is 11.5. The van der Waals surface area contributed by atoms with Crippen LogP contribution in [0.3, 0.4) is 0 Å². The maximum Gasteiger partial charge on any atom is 0.226 e. The van der Waals surface area contributed by atoms with Gasteiger partial charge in [0.1, 0.15) is 11.8 Å². The Labute approximate surface area is 230 Å². The summed E-state index contributed by atoms with van der Waals surface area (Å²) < 4.78 is 6.15. The summed E-state index contributed by atoms with van der Waals surface area (Å²) >= 11 is 1.93. The number of aromatic nitrogens is 2. The minimum absolute atomic E-state index is 0.0913. The van der Waals surface area contributed by atoms with Crippen molar-refractivity contribution in [2.24, 2.45) is 11.8 Å². The molecular weight excluding hydrogens is 494 g/mol. The zero-order chi connectivity index (χ0) is 26.3. The van der Waals surface area contributed by atoms with Crippen LogP contribution in [0, 0.1) is 23.2 Å². The van der Waals surface area contributed by atoms with E-state index in [1.54, 1.807) is 0 Å². The monoisotopic (exact) mass is 531 g/mol. The van der Waals surface area contributed by atoms with Crippen LogP contribution < -0.4 is 9.64 Å². The Hall–Kier alpha value is -3.05. The van der Waals surface area contributed by atoms with E-state index in [2.05, 4.69) is 40.0 Å². The molecule has 1 atom stereocenters. The Balaban J connectivity index is 1.13. The number of thioether (sulfide) groups is 1. The van der Waals surface area contributed by atoms with Crippen molar-refractivity contribution >= 4 is 29.2 Å². The van der Waals surface area contributed by atoms with E-state index in [1.165, 1.54) is 5.57 Å².